The topological polar surface area (TPSA) is 38.8 Å². The van der Waals surface area contributed by atoms with Gasteiger partial charge in [0.05, 0.1) is 32.8 Å². The van der Waals surface area contributed by atoms with E-state index in [1.807, 2.05) is 61.5 Å². The van der Waals surface area contributed by atoms with Crippen molar-refractivity contribution in [2.45, 2.75) is 38.8 Å². The highest BCUT2D eigenvalue weighted by molar-refractivity contribution is 5.87. The summed E-state index contributed by atoms with van der Waals surface area (Å²) < 4.78 is 40.5. The molecule has 0 aromatic heterocycles. The molecule has 1 atom stereocenters. The minimum Gasteiger partial charge on any atom is -1.00 e. The van der Waals surface area contributed by atoms with Crippen LogP contribution in [0.5, 0.6) is 5.75 Å². The van der Waals surface area contributed by atoms with Crippen molar-refractivity contribution in [3.8, 4) is 5.75 Å². The summed E-state index contributed by atoms with van der Waals surface area (Å²) in [5, 5.41) is 0. The van der Waals surface area contributed by atoms with E-state index in [0.717, 1.165) is 73.4 Å². The van der Waals surface area contributed by atoms with E-state index in [9.17, 15) is 13.6 Å². The van der Waals surface area contributed by atoms with Gasteiger partial charge in [0.1, 0.15) is 12.3 Å². The van der Waals surface area contributed by atoms with Crippen LogP contribution in [0.4, 0.5) is 19.3 Å². The van der Waals surface area contributed by atoms with Crippen molar-refractivity contribution in [3.63, 3.8) is 0 Å². The van der Waals surface area contributed by atoms with Gasteiger partial charge in [-0.1, -0.05) is 36.4 Å². The van der Waals surface area contributed by atoms with Crippen molar-refractivity contribution in [1.82, 2.24) is 0 Å². The summed E-state index contributed by atoms with van der Waals surface area (Å²) in [5.74, 6) is -0.606. The van der Waals surface area contributed by atoms with Crippen LogP contribution in [0.25, 0.3) is 0 Å². The van der Waals surface area contributed by atoms with E-state index >= 15 is 0 Å². The minimum atomic E-state index is -0.930. The molecule has 3 aromatic carbocycles. The van der Waals surface area contributed by atoms with Gasteiger partial charge in [0.15, 0.2) is 17.7 Å². The molecule has 5 nitrogen and oxygen atoms in total. The number of rotatable bonds is 9. The summed E-state index contributed by atoms with van der Waals surface area (Å²) in [4.78, 5) is 15.1. The SMILES string of the molecule is Cc1cccc(N(Cc2ccc(F)c(F)c2)C(=O)O[C@H]2C[N+]3(CCCOc4ccccc4)CCC2CC3)c1.[Cl-]. The van der Waals surface area contributed by atoms with Crippen LogP contribution in [0, 0.1) is 24.5 Å². The van der Waals surface area contributed by atoms with Gasteiger partial charge >= 0.3 is 6.09 Å². The molecule has 8 heteroatoms. The van der Waals surface area contributed by atoms with Gasteiger partial charge in [-0.3, -0.25) is 4.90 Å². The maximum atomic E-state index is 13.9. The molecule has 0 N–H and O–H groups in total. The number of hydrogen-bond acceptors (Lipinski definition) is 3. The zero-order valence-corrected chi connectivity index (χ0v) is 23.0. The molecule has 0 aliphatic carbocycles. The van der Waals surface area contributed by atoms with Crippen molar-refractivity contribution in [1.29, 1.82) is 0 Å². The van der Waals surface area contributed by atoms with Crippen LogP contribution >= 0.6 is 0 Å². The zero-order chi connectivity index (χ0) is 26.5. The van der Waals surface area contributed by atoms with Gasteiger partial charge in [-0.2, -0.15) is 0 Å². The second-order valence-electron chi connectivity index (χ2n) is 10.6. The summed E-state index contributed by atoms with van der Waals surface area (Å²) in [6.45, 7) is 6.69. The second kappa shape index (κ2) is 12.8. The predicted octanol–water partition coefficient (Wildman–Crippen LogP) is 3.50. The fourth-order valence-electron chi connectivity index (χ4n) is 5.85. The van der Waals surface area contributed by atoms with Crippen molar-refractivity contribution >= 4 is 11.8 Å². The fourth-order valence-corrected chi connectivity index (χ4v) is 5.85. The van der Waals surface area contributed by atoms with Gasteiger partial charge in [0.25, 0.3) is 0 Å². The van der Waals surface area contributed by atoms with Gasteiger partial charge in [-0.15, -0.1) is 0 Å². The van der Waals surface area contributed by atoms with E-state index in [0.29, 0.717) is 23.8 Å². The lowest BCUT2D eigenvalue weighted by molar-refractivity contribution is -0.946. The summed E-state index contributed by atoms with van der Waals surface area (Å²) >= 11 is 0. The number of carbonyl (C=O) groups excluding carboxylic acids is 1. The first-order valence-corrected chi connectivity index (χ1v) is 13.4. The Morgan fingerprint density at radius 3 is 2.46 bits per heavy atom. The number of hydrogen-bond donors (Lipinski definition) is 0. The van der Waals surface area contributed by atoms with E-state index < -0.39 is 17.7 Å². The number of nitrogens with zero attached hydrogens (tertiary/aromatic N) is 2. The second-order valence-corrected chi connectivity index (χ2v) is 10.6. The maximum absolute atomic E-state index is 13.9. The van der Waals surface area contributed by atoms with Crippen molar-refractivity contribution < 1.29 is 39.9 Å². The van der Waals surface area contributed by atoms with Gasteiger partial charge in [0.2, 0.25) is 0 Å². The van der Waals surface area contributed by atoms with Crippen molar-refractivity contribution in [2.24, 2.45) is 5.92 Å². The van der Waals surface area contributed by atoms with Crippen LogP contribution in [-0.4, -0.2) is 49.5 Å². The number of aryl methyl sites for hydroxylation is 1. The Morgan fingerprint density at radius 1 is 0.974 bits per heavy atom. The molecule has 39 heavy (non-hydrogen) atoms. The molecule has 0 radical (unpaired) electrons. The third-order valence-corrected chi connectivity index (χ3v) is 7.94. The van der Waals surface area contributed by atoms with Gasteiger partial charge < -0.3 is 26.4 Å². The molecule has 3 aromatic rings. The Kier molecular flexibility index (Phi) is 9.46. The third kappa shape index (κ3) is 7.08. The van der Waals surface area contributed by atoms with Gasteiger partial charge in [-0.25, -0.2) is 13.6 Å². The molecule has 3 saturated heterocycles. The standard InChI is InChI=1S/C31H35F2N2O3.ClH/c1-23-7-5-8-26(19-23)34(21-24-11-12-28(32)29(33)20-24)31(36)38-30-22-35(16-13-25(30)14-17-35)15-6-18-37-27-9-3-2-4-10-27;/h2-5,7-12,19-20,25,30H,6,13-18,21-22H2,1H3;1H/q+1;/p-1/t25?,30-,35?;/m0./s1. The normalized spacial score (nSPS) is 21.6. The summed E-state index contributed by atoms with van der Waals surface area (Å²) in [7, 11) is 0. The molecule has 1 amide bonds. The first-order valence-electron chi connectivity index (χ1n) is 13.4. The molecule has 3 heterocycles. The number of para-hydroxylation sites is 1. The highest BCUT2D eigenvalue weighted by atomic mass is 35.5. The molecule has 0 saturated carbocycles. The van der Waals surface area contributed by atoms with Crippen LogP contribution in [0.15, 0.2) is 72.8 Å². The lowest BCUT2D eigenvalue weighted by Crippen LogP contribution is -3.00. The fraction of sp³-hybridized carbons (Fsp3) is 0.387. The van der Waals surface area contributed by atoms with E-state index in [2.05, 4.69) is 0 Å². The van der Waals surface area contributed by atoms with Crippen molar-refractivity contribution in [2.75, 3.05) is 37.7 Å². The number of anilines is 1. The first-order chi connectivity index (χ1) is 18.4. The monoisotopic (exact) mass is 556 g/mol. The number of amides is 1. The average Bonchev–Trinajstić information content (AvgIpc) is 2.93. The first kappa shape index (κ1) is 28.8. The summed E-state index contributed by atoms with van der Waals surface area (Å²) in [6, 6.07) is 21.1. The number of halogens is 3. The van der Waals surface area contributed by atoms with E-state index in [-0.39, 0.29) is 25.1 Å². The molecular formula is C31H35ClF2N2O3. The molecule has 0 unspecified atom stereocenters. The highest BCUT2D eigenvalue weighted by Crippen LogP contribution is 2.36. The third-order valence-electron chi connectivity index (χ3n) is 7.94. The van der Waals surface area contributed by atoms with Crippen LogP contribution < -0.4 is 22.0 Å². The quantitative estimate of drug-likeness (QED) is 0.299. The number of quaternary nitrogens is 1. The van der Waals surface area contributed by atoms with E-state index in [1.165, 1.54) is 11.0 Å². The van der Waals surface area contributed by atoms with Gasteiger partial charge in [-0.05, 0) is 54.4 Å². The molecule has 208 valence electrons. The molecule has 3 aliphatic rings. The molecule has 3 fully saturated rings. The number of ether oxygens (including phenoxy) is 2. The highest BCUT2D eigenvalue weighted by Gasteiger charge is 2.47. The Labute approximate surface area is 235 Å². The Balaban J connectivity index is 0.00000353. The lowest BCUT2D eigenvalue weighted by atomic mass is 9.83. The van der Waals surface area contributed by atoms with Crippen LogP contribution in [-0.2, 0) is 11.3 Å². The Bertz CT molecular complexity index is 1250. The van der Waals surface area contributed by atoms with E-state index in [1.54, 1.807) is 0 Å². The average molecular weight is 557 g/mol. The largest absolute Gasteiger partial charge is 1.00 e. The lowest BCUT2D eigenvalue weighted by Gasteiger charge is -2.52. The summed E-state index contributed by atoms with van der Waals surface area (Å²) in [5.41, 5.74) is 2.16. The van der Waals surface area contributed by atoms with E-state index in [4.69, 9.17) is 9.47 Å². The number of piperidine rings is 3. The number of carbonyl (C=O) groups is 1. The van der Waals surface area contributed by atoms with Crippen LogP contribution in [0.3, 0.4) is 0 Å². The van der Waals surface area contributed by atoms with Crippen LogP contribution in [0.1, 0.15) is 30.4 Å². The Morgan fingerprint density at radius 2 is 1.74 bits per heavy atom. The Hall–Kier alpha value is -3.16. The molecule has 6 rings (SSSR count). The van der Waals surface area contributed by atoms with Crippen molar-refractivity contribution in [3.05, 3.63) is 95.6 Å². The molecule has 0 spiro atoms. The van der Waals surface area contributed by atoms with Gasteiger partial charge in [0, 0.05) is 30.9 Å². The molecule has 2 bridgehead atoms. The zero-order valence-electron chi connectivity index (χ0n) is 22.2. The summed E-state index contributed by atoms with van der Waals surface area (Å²) in [6.07, 6.45) is 2.38. The molecule has 3 aliphatic heterocycles. The minimum absolute atomic E-state index is 0. The van der Waals surface area contributed by atoms with Crippen LogP contribution in [0.2, 0.25) is 0 Å². The predicted molar refractivity (Wildman–Crippen MR) is 143 cm³/mol. The number of benzene rings is 3. The maximum Gasteiger partial charge on any atom is 0.415 e. The molecular weight excluding hydrogens is 522 g/mol. The number of fused-ring (bicyclic) bond motifs is 3. The smallest absolute Gasteiger partial charge is 0.415 e.